The van der Waals surface area contributed by atoms with Gasteiger partial charge in [-0.1, -0.05) is 0 Å². The van der Waals surface area contributed by atoms with Crippen molar-refractivity contribution in [2.75, 3.05) is 6.66 Å². The topological polar surface area (TPSA) is 0 Å². The SMILES string of the molecule is CC(C)(C)c1cc(C(C)(C)C)cc([PH](C)(c2cc(C(C)(C)C)cc(C(C)(C)C)c2)c2cc(C(C)(C)C)cc(C(C)(C)C)c2)c1. The average Bonchev–Trinajstić information content (AvgIpc) is 2.84. The van der Waals surface area contributed by atoms with E-state index in [1.807, 2.05) is 0 Å². The molecule has 0 aliphatic rings. The molecule has 0 aliphatic carbocycles. The molecule has 0 unspecified atom stereocenters. The number of hydrogen-bond donors (Lipinski definition) is 0. The molecule has 3 aromatic rings. The summed E-state index contributed by atoms with van der Waals surface area (Å²) in [6.45, 7) is 45.3. The van der Waals surface area contributed by atoms with Crippen molar-refractivity contribution in [2.45, 2.75) is 157 Å². The van der Waals surface area contributed by atoms with Crippen molar-refractivity contribution in [1.82, 2.24) is 0 Å². The van der Waals surface area contributed by atoms with Gasteiger partial charge in [-0.25, -0.2) is 0 Å². The van der Waals surface area contributed by atoms with Crippen molar-refractivity contribution in [3.8, 4) is 0 Å². The maximum absolute atomic E-state index is 2.64. The van der Waals surface area contributed by atoms with Gasteiger partial charge in [-0.3, -0.25) is 0 Å². The van der Waals surface area contributed by atoms with E-state index >= 15 is 0 Å². The minimum atomic E-state index is -2.54. The van der Waals surface area contributed by atoms with Crippen LogP contribution in [0.15, 0.2) is 54.6 Å². The summed E-state index contributed by atoms with van der Waals surface area (Å²) < 4.78 is 0. The van der Waals surface area contributed by atoms with Gasteiger partial charge in [0.25, 0.3) is 0 Å². The monoisotopic (exact) mass is 614 g/mol. The zero-order valence-electron chi connectivity index (χ0n) is 32.2. The molecule has 0 saturated heterocycles. The van der Waals surface area contributed by atoms with Gasteiger partial charge in [-0.2, -0.15) is 0 Å². The molecule has 0 fully saturated rings. The van der Waals surface area contributed by atoms with Gasteiger partial charge in [0.05, 0.1) is 0 Å². The van der Waals surface area contributed by atoms with Gasteiger partial charge >= 0.3 is 275 Å². The van der Waals surface area contributed by atoms with Crippen LogP contribution >= 0.6 is 7.26 Å². The first-order valence-corrected chi connectivity index (χ1v) is 19.4. The molecule has 1 heteroatoms. The summed E-state index contributed by atoms with van der Waals surface area (Å²) >= 11 is 0. The predicted molar refractivity (Wildman–Crippen MR) is 205 cm³/mol. The second-order valence-electron chi connectivity index (χ2n) is 20.0. The van der Waals surface area contributed by atoms with Crippen molar-refractivity contribution in [1.29, 1.82) is 0 Å². The Morgan fingerprint density at radius 1 is 0.273 bits per heavy atom. The van der Waals surface area contributed by atoms with Gasteiger partial charge in [-0.05, 0) is 0 Å². The second-order valence-corrected chi connectivity index (χ2v) is 24.0. The Kier molecular flexibility index (Phi) is 9.48. The molecule has 0 aromatic heterocycles. The van der Waals surface area contributed by atoms with Crippen LogP contribution in [0.1, 0.15) is 158 Å². The van der Waals surface area contributed by atoms with E-state index in [1.54, 1.807) is 0 Å². The molecule has 0 radical (unpaired) electrons. The molecule has 0 nitrogen and oxygen atoms in total. The van der Waals surface area contributed by atoms with Gasteiger partial charge in [0, 0.05) is 0 Å². The normalized spacial score (nSPS) is 14.6. The Morgan fingerprint density at radius 2 is 0.409 bits per heavy atom. The standard InChI is InChI=1S/C43H67P/c1-38(2,3)29-20-30(39(4,5)6)24-35(23-29)44(19,36-25-31(40(7,8)9)21-32(26-36)41(10,11)12)37-27-33(42(13,14)15)22-34(28-37)43(16,17)18/h20-28,44H,1-19H3. The third-order valence-corrected chi connectivity index (χ3v) is 14.1. The van der Waals surface area contributed by atoms with Gasteiger partial charge < -0.3 is 0 Å². The first kappa shape index (κ1) is 36.6. The van der Waals surface area contributed by atoms with E-state index in [1.165, 1.54) is 49.3 Å². The molecule has 0 bridgehead atoms. The van der Waals surface area contributed by atoms with E-state index in [2.05, 4.69) is 186 Å². The second kappa shape index (κ2) is 11.4. The van der Waals surface area contributed by atoms with Crippen LogP contribution < -0.4 is 15.9 Å². The van der Waals surface area contributed by atoms with Crippen molar-refractivity contribution >= 4 is 23.2 Å². The molecule has 0 heterocycles. The third-order valence-electron chi connectivity index (χ3n) is 9.73. The molecule has 0 atom stereocenters. The Bertz CT molecular complexity index is 1210. The Morgan fingerprint density at radius 3 is 0.523 bits per heavy atom. The molecule has 0 aliphatic heterocycles. The Hall–Kier alpha value is -1.91. The summed E-state index contributed by atoms with van der Waals surface area (Å²) in [5.41, 5.74) is 8.94. The van der Waals surface area contributed by atoms with Crippen LogP contribution in [0.2, 0.25) is 0 Å². The molecule has 244 valence electrons. The average molecular weight is 615 g/mol. The summed E-state index contributed by atoms with van der Waals surface area (Å²) in [5, 5.41) is 4.56. The van der Waals surface area contributed by atoms with Crippen LogP contribution in [0.25, 0.3) is 0 Å². The van der Waals surface area contributed by atoms with E-state index in [4.69, 9.17) is 0 Å². The molecule has 3 aromatic carbocycles. The van der Waals surface area contributed by atoms with Gasteiger partial charge in [-0.15, -0.1) is 0 Å². The third kappa shape index (κ3) is 7.89. The van der Waals surface area contributed by atoms with Crippen molar-refractivity contribution in [3.05, 3.63) is 88.0 Å². The van der Waals surface area contributed by atoms with E-state index in [-0.39, 0.29) is 32.5 Å². The zero-order chi connectivity index (χ0) is 34.1. The molecule has 0 spiro atoms. The quantitative estimate of drug-likeness (QED) is 0.258. The van der Waals surface area contributed by atoms with E-state index in [9.17, 15) is 0 Å². The number of hydrogen-bond acceptors (Lipinski definition) is 0. The fourth-order valence-corrected chi connectivity index (χ4v) is 9.51. The van der Waals surface area contributed by atoms with E-state index in [0.717, 1.165) is 0 Å². The van der Waals surface area contributed by atoms with Crippen LogP contribution in [0.4, 0.5) is 0 Å². The Balaban J connectivity index is 2.68. The van der Waals surface area contributed by atoms with Crippen LogP contribution in [0.5, 0.6) is 0 Å². The number of benzene rings is 3. The predicted octanol–water partition coefficient (Wildman–Crippen LogP) is 11.1. The van der Waals surface area contributed by atoms with Crippen LogP contribution in [0, 0.1) is 0 Å². The maximum atomic E-state index is 2.64. The Labute approximate surface area is 274 Å². The molecule has 0 N–H and O–H groups in total. The summed E-state index contributed by atoms with van der Waals surface area (Å²) in [4.78, 5) is 0. The molecule has 44 heavy (non-hydrogen) atoms. The summed E-state index contributed by atoms with van der Waals surface area (Å²) in [7, 11) is -2.54. The molecule has 0 saturated carbocycles. The molecule has 0 amide bonds. The minimum absolute atomic E-state index is 0.0545. The van der Waals surface area contributed by atoms with Crippen molar-refractivity contribution in [2.24, 2.45) is 0 Å². The fourth-order valence-electron chi connectivity index (χ4n) is 5.85. The summed E-state index contributed by atoms with van der Waals surface area (Å²) in [5.74, 6) is 0. The van der Waals surface area contributed by atoms with E-state index < -0.39 is 7.26 Å². The van der Waals surface area contributed by atoms with Crippen LogP contribution in [-0.2, 0) is 32.5 Å². The van der Waals surface area contributed by atoms with Crippen molar-refractivity contribution in [3.63, 3.8) is 0 Å². The van der Waals surface area contributed by atoms with E-state index in [0.29, 0.717) is 0 Å². The number of rotatable bonds is 3. The van der Waals surface area contributed by atoms with Gasteiger partial charge in [0.2, 0.25) is 0 Å². The van der Waals surface area contributed by atoms with Gasteiger partial charge in [0.1, 0.15) is 0 Å². The molecular weight excluding hydrogens is 547 g/mol. The first-order valence-electron chi connectivity index (χ1n) is 16.9. The summed E-state index contributed by atoms with van der Waals surface area (Å²) in [6.07, 6.45) is 0. The fraction of sp³-hybridized carbons (Fsp3) is 0.581. The van der Waals surface area contributed by atoms with Gasteiger partial charge in [0.15, 0.2) is 0 Å². The summed E-state index contributed by atoms with van der Waals surface area (Å²) in [6, 6.07) is 23.0. The van der Waals surface area contributed by atoms with Crippen LogP contribution in [0.3, 0.4) is 0 Å². The zero-order valence-corrected chi connectivity index (χ0v) is 33.2. The molecule has 3 rings (SSSR count). The van der Waals surface area contributed by atoms with Crippen LogP contribution in [-0.4, -0.2) is 6.66 Å². The van der Waals surface area contributed by atoms with Crippen molar-refractivity contribution < 1.29 is 0 Å². The molecular formula is C43H67P. The first-order chi connectivity index (χ1) is 19.4.